The molecule has 2 nitrogen and oxygen atoms in total. The molecule has 3 heterocycles. The van der Waals surface area contributed by atoms with Crippen LogP contribution in [-0.4, -0.2) is 30.1 Å². The summed E-state index contributed by atoms with van der Waals surface area (Å²) < 4.78 is 1.21. The van der Waals surface area contributed by atoms with E-state index >= 15 is 0 Å². The van der Waals surface area contributed by atoms with E-state index < -0.39 is 0 Å². The zero-order chi connectivity index (χ0) is 12.5. The largest absolute Gasteiger partial charge is 0.305 e. The second kappa shape index (κ2) is 5.61. The van der Waals surface area contributed by atoms with Gasteiger partial charge >= 0.3 is 0 Å². The van der Waals surface area contributed by atoms with Crippen LogP contribution in [0.2, 0.25) is 0 Å². The van der Waals surface area contributed by atoms with E-state index in [0.717, 1.165) is 6.04 Å². The minimum Gasteiger partial charge on any atom is -0.305 e. The van der Waals surface area contributed by atoms with Gasteiger partial charge in [-0.2, -0.15) is 0 Å². The van der Waals surface area contributed by atoms with Gasteiger partial charge in [0.15, 0.2) is 0 Å². The van der Waals surface area contributed by atoms with Crippen molar-refractivity contribution in [3.05, 3.63) is 20.8 Å². The molecule has 1 aromatic rings. The Morgan fingerprint density at radius 3 is 3.06 bits per heavy atom. The maximum absolute atomic E-state index is 3.86. The quantitative estimate of drug-likeness (QED) is 0.908. The highest BCUT2D eigenvalue weighted by atomic mass is 79.9. The van der Waals surface area contributed by atoms with Gasteiger partial charge in [0.2, 0.25) is 0 Å². The van der Waals surface area contributed by atoms with Crippen molar-refractivity contribution in [1.29, 1.82) is 0 Å². The molecule has 2 aliphatic heterocycles. The molecule has 2 saturated heterocycles. The molecule has 3 atom stereocenters. The predicted octanol–water partition coefficient (Wildman–Crippen LogP) is 3.79. The normalized spacial score (nSPS) is 30.3. The van der Waals surface area contributed by atoms with Crippen LogP contribution in [0.1, 0.15) is 43.5 Å². The number of halogens is 1. The van der Waals surface area contributed by atoms with E-state index in [9.17, 15) is 0 Å². The third-order valence-electron chi connectivity index (χ3n) is 4.33. The van der Waals surface area contributed by atoms with Gasteiger partial charge in [-0.25, -0.2) is 0 Å². The van der Waals surface area contributed by atoms with E-state index in [1.807, 2.05) is 11.3 Å². The Labute approximate surface area is 122 Å². The Kier molecular flexibility index (Phi) is 4.09. The lowest BCUT2D eigenvalue weighted by Gasteiger charge is -2.33. The fourth-order valence-electron chi connectivity index (χ4n) is 3.40. The summed E-state index contributed by atoms with van der Waals surface area (Å²) >= 11 is 5.39. The first kappa shape index (κ1) is 13.1. The van der Waals surface area contributed by atoms with Gasteiger partial charge in [0.25, 0.3) is 0 Å². The van der Waals surface area contributed by atoms with Gasteiger partial charge in [0, 0.05) is 39.4 Å². The lowest BCUT2D eigenvalue weighted by molar-refractivity contribution is 0.177. The smallest absolute Gasteiger partial charge is 0.0389 e. The van der Waals surface area contributed by atoms with Crippen molar-refractivity contribution in [2.45, 2.75) is 50.7 Å². The number of rotatable bonds is 3. The maximum Gasteiger partial charge on any atom is 0.0389 e. The van der Waals surface area contributed by atoms with Gasteiger partial charge in [-0.3, -0.25) is 4.90 Å². The van der Waals surface area contributed by atoms with Crippen LogP contribution in [-0.2, 0) is 0 Å². The highest BCUT2D eigenvalue weighted by molar-refractivity contribution is 9.10. The molecule has 0 spiro atoms. The van der Waals surface area contributed by atoms with Crippen molar-refractivity contribution in [3.8, 4) is 0 Å². The second-order valence-electron chi connectivity index (χ2n) is 5.55. The standard InChI is InChI=1S/C14H21BrN2S/c1-10(14-8-11(15)9-18-14)16-12-5-7-17-6-3-2-4-13(12)17/h8-10,12-13,16H,2-7H2,1H3. The number of nitrogens with one attached hydrogen (secondary N) is 1. The van der Waals surface area contributed by atoms with Crippen LogP contribution in [0.15, 0.2) is 15.9 Å². The molecule has 2 aliphatic rings. The zero-order valence-corrected chi connectivity index (χ0v) is 13.3. The van der Waals surface area contributed by atoms with E-state index in [1.54, 1.807) is 0 Å². The summed E-state index contributed by atoms with van der Waals surface area (Å²) in [7, 11) is 0. The first-order valence-electron chi connectivity index (χ1n) is 6.98. The Balaban J connectivity index is 1.62. The lowest BCUT2D eigenvalue weighted by Crippen LogP contribution is -2.45. The molecule has 4 heteroatoms. The molecular weight excluding hydrogens is 308 g/mol. The molecule has 3 unspecified atom stereocenters. The molecule has 100 valence electrons. The summed E-state index contributed by atoms with van der Waals surface area (Å²) in [5.41, 5.74) is 0. The summed E-state index contributed by atoms with van der Waals surface area (Å²) in [4.78, 5) is 4.13. The van der Waals surface area contributed by atoms with Gasteiger partial charge in [0.05, 0.1) is 0 Å². The fraction of sp³-hybridized carbons (Fsp3) is 0.714. The second-order valence-corrected chi connectivity index (χ2v) is 7.41. The molecule has 2 fully saturated rings. The van der Waals surface area contributed by atoms with Gasteiger partial charge in [-0.15, -0.1) is 11.3 Å². The van der Waals surface area contributed by atoms with E-state index in [1.165, 1.54) is 48.1 Å². The molecule has 1 aromatic heterocycles. The topological polar surface area (TPSA) is 15.3 Å². The van der Waals surface area contributed by atoms with Crippen molar-refractivity contribution in [2.24, 2.45) is 0 Å². The minimum atomic E-state index is 0.480. The SMILES string of the molecule is CC(NC1CCN2CCCCC12)c1cc(Br)cs1. The molecule has 0 bridgehead atoms. The Morgan fingerprint density at radius 1 is 1.39 bits per heavy atom. The van der Waals surface area contributed by atoms with Crippen molar-refractivity contribution >= 4 is 27.3 Å². The number of hydrogen-bond acceptors (Lipinski definition) is 3. The van der Waals surface area contributed by atoms with Crippen LogP contribution < -0.4 is 5.32 Å². The van der Waals surface area contributed by atoms with Crippen LogP contribution in [0.4, 0.5) is 0 Å². The maximum atomic E-state index is 3.86. The van der Waals surface area contributed by atoms with Gasteiger partial charge in [-0.1, -0.05) is 6.42 Å². The Morgan fingerprint density at radius 2 is 2.28 bits per heavy atom. The van der Waals surface area contributed by atoms with Crippen molar-refractivity contribution in [1.82, 2.24) is 10.2 Å². The minimum absolute atomic E-state index is 0.480. The summed E-state index contributed by atoms with van der Waals surface area (Å²) in [6, 6.07) is 4.22. The number of hydrogen-bond donors (Lipinski definition) is 1. The van der Waals surface area contributed by atoms with Gasteiger partial charge < -0.3 is 5.32 Å². The number of nitrogens with zero attached hydrogens (tertiary/aromatic N) is 1. The van der Waals surface area contributed by atoms with E-state index in [0.29, 0.717) is 12.1 Å². The zero-order valence-electron chi connectivity index (χ0n) is 10.9. The molecule has 0 aromatic carbocycles. The van der Waals surface area contributed by atoms with Crippen LogP contribution in [0.3, 0.4) is 0 Å². The fourth-order valence-corrected chi connectivity index (χ4v) is 4.86. The number of fused-ring (bicyclic) bond motifs is 1. The Bertz CT molecular complexity index is 406. The van der Waals surface area contributed by atoms with Crippen LogP contribution in [0.25, 0.3) is 0 Å². The molecule has 18 heavy (non-hydrogen) atoms. The average molecular weight is 329 g/mol. The highest BCUT2D eigenvalue weighted by Crippen LogP contribution is 2.30. The molecule has 0 aliphatic carbocycles. The molecular formula is C14H21BrN2S. The monoisotopic (exact) mass is 328 g/mol. The first-order valence-corrected chi connectivity index (χ1v) is 8.65. The van der Waals surface area contributed by atoms with Crippen LogP contribution >= 0.6 is 27.3 Å². The van der Waals surface area contributed by atoms with Crippen molar-refractivity contribution in [2.75, 3.05) is 13.1 Å². The van der Waals surface area contributed by atoms with E-state index in [4.69, 9.17) is 0 Å². The van der Waals surface area contributed by atoms with E-state index in [2.05, 4.69) is 44.5 Å². The van der Waals surface area contributed by atoms with Crippen LogP contribution in [0.5, 0.6) is 0 Å². The third-order valence-corrected chi connectivity index (χ3v) is 6.21. The van der Waals surface area contributed by atoms with Crippen LogP contribution in [0, 0.1) is 0 Å². The van der Waals surface area contributed by atoms with Crippen molar-refractivity contribution < 1.29 is 0 Å². The molecule has 0 amide bonds. The Hall–Kier alpha value is 0.1000. The molecule has 0 saturated carbocycles. The summed E-state index contributed by atoms with van der Waals surface area (Å²) in [5, 5.41) is 6.03. The van der Waals surface area contributed by atoms with Crippen molar-refractivity contribution in [3.63, 3.8) is 0 Å². The number of piperidine rings is 1. The molecule has 0 radical (unpaired) electrons. The highest BCUT2D eigenvalue weighted by Gasteiger charge is 2.35. The van der Waals surface area contributed by atoms with Gasteiger partial charge in [-0.05, 0) is 54.7 Å². The third kappa shape index (κ3) is 2.67. The summed E-state index contributed by atoms with van der Waals surface area (Å²) in [6.07, 6.45) is 5.52. The van der Waals surface area contributed by atoms with E-state index in [-0.39, 0.29) is 0 Å². The summed E-state index contributed by atoms with van der Waals surface area (Å²) in [6.45, 7) is 4.91. The van der Waals surface area contributed by atoms with Gasteiger partial charge in [0.1, 0.15) is 0 Å². The number of thiophene rings is 1. The lowest BCUT2D eigenvalue weighted by atomic mass is 9.98. The molecule has 1 N–H and O–H groups in total. The summed E-state index contributed by atoms with van der Waals surface area (Å²) in [5.74, 6) is 0. The molecule has 3 rings (SSSR count). The first-order chi connectivity index (χ1) is 8.74. The predicted molar refractivity (Wildman–Crippen MR) is 81.2 cm³/mol. The average Bonchev–Trinajstić information content (AvgIpc) is 2.97.